The molecule has 1 aromatic heterocycles. The van der Waals surface area contributed by atoms with Crippen molar-refractivity contribution in [2.45, 2.75) is 26.3 Å². The Hall–Kier alpha value is -4.15. The van der Waals surface area contributed by atoms with Crippen LogP contribution in [-0.4, -0.2) is 48.5 Å². The fraction of sp³-hybridized carbons (Fsp3) is 0.241. The first-order valence-electron chi connectivity index (χ1n) is 12.6. The number of ether oxygens (including phenoxy) is 1. The number of benzene rings is 3. The standard InChI is InChI=1S/C29H29N3O6S/c1-21-26(30-29(38-21)24-8-3-2-4-9-24)16-18-37-25-13-11-22(12-14-25)19-31(20-28(33)34)39(35,36)32-17-15-23-7-5-6-10-27(23)32/h2-14H,15-20H2,1H3,(H,33,34). The molecule has 0 fully saturated rings. The van der Waals surface area contributed by atoms with Gasteiger partial charge in [-0.25, -0.2) is 4.98 Å². The van der Waals surface area contributed by atoms with Crippen LogP contribution in [-0.2, 0) is 34.4 Å². The summed E-state index contributed by atoms with van der Waals surface area (Å²) < 4.78 is 40.9. The van der Waals surface area contributed by atoms with Crippen LogP contribution in [0.15, 0.2) is 83.3 Å². The van der Waals surface area contributed by atoms with Gasteiger partial charge >= 0.3 is 16.2 Å². The van der Waals surface area contributed by atoms with Crippen LogP contribution in [0, 0.1) is 6.92 Å². The zero-order valence-electron chi connectivity index (χ0n) is 21.5. The van der Waals surface area contributed by atoms with Gasteiger partial charge in [-0.05, 0) is 54.8 Å². The van der Waals surface area contributed by atoms with Gasteiger partial charge < -0.3 is 14.3 Å². The molecule has 202 valence electrons. The molecule has 10 heteroatoms. The minimum Gasteiger partial charge on any atom is -0.493 e. The Bertz CT molecular complexity index is 1550. The van der Waals surface area contributed by atoms with Crippen molar-refractivity contribution < 1.29 is 27.5 Å². The predicted octanol–water partition coefficient (Wildman–Crippen LogP) is 4.47. The molecule has 3 aromatic carbocycles. The van der Waals surface area contributed by atoms with E-state index >= 15 is 0 Å². The molecule has 0 saturated heterocycles. The number of aryl methyl sites for hydroxylation is 1. The maximum absolute atomic E-state index is 13.4. The van der Waals surface area contributed by atoms with Gasteiger partial charge in [0, 0.05) is 25.1 Å². The monoisotopic (exact) mass is 547 g/mol. The summed E-state index contributed by atoms with van der Waals surface area (Å²) in [5.74, 6) is 0.716. The number of carboxylic acid groups (broad SMARTS) is 1. The smallest absolute Gasteiger partial charge is 0.318 e. The second-order valence-corrected chi connectivity index (χ2v) is 11.1. The Kier molecular flexibility index (Phi) is 7.67. The molecule has 9 nitrogen and oxygen atoms in total. The highest BCUT2D eigenvalue weighted by atomic mass is 32.2. The van der Waals surface area contributed by atoms with Crippen LogP contribution in [0.5, 0.6) is 5.75 Å². The van der Waals surface area contributed by atoms with Gasteiger partial charge in [-0.3, -0.25) is 9.10 Å². The highest BCUT2D eigenvalue weighted by molar-refractivity contribution is 7.90. The summed E-state index contributed by atoms with van der Waals surface area (Å²) >= 11 is 0. The van der Waals surface area contributed by atoms with Crippen molar-refractivity contribution in [2.24, 2.45) is 0 Å². The van der Waals surface area contributed by atoms with Crippen LogP contribution in [0.2, 0.25) is 0 Å². The second-order valence-electron chi connectivity index (χ2n) is 9.25. The van der Waals surface area contributed by atoms with Crippen molar-refractivity contribution in [3.63, 3.8) is 0 Å². The fourth-order valence-corrected chi connectivity index (χ4v) is 6.19. The van der Waals surface area contributed by atoms with E-state index in [0.29, 0.717) is 42.3 Å². The number of carboxylic acids is 1. The molecule has 0 unspecified atom stereocenters. The largest absolute Gasteiger partial charge is 0.493 e. The molecule has 0 spiro atoms. The normalized spacial score (nSPS) is 13.0. The van der Waals surface area contributed by atoms with E-state index in [9.17, 15) is 18.3 Å². The summed E-state index contributed by atoms with van der Waals surface area (Å²) in [4.78, 5) is 16.1. The molecule has 1 aliphatic rings. The lowest BCUT2D eigenvalue weighted by Crippen LogP contribution is -2.45. The quantitative estimate of drug-likeness (QED) is 0.295. The number of hydrogen-bond acceptors (Lipinski definition) is 6. The van der Waals surface area contributed by atoms with Crippen LogP contribution < -0.4 is 9.04 Å². The van der Waals surface area contributed by atoms with Crippen LogP contribution in [0.4, 0.5) is 5.69 Å². The third kappa shape index (κ3) is 5.97. The van der Waals surface area contributed by atoms with Gasteiger partial charge in [0.05, 0.1) is 18.0 Å². The maximum Gasteiger partial charge on any atom is 0.318 e. The highest BCUT2D eigenvalue weighted by Crippen LogP contribution is 2.31. The van der Waals surface area contributed by atoms with Crippen molar-refractivity contribution in [2.75, 3.05) is 24.0 Å². The molecule has 0 radical (unpaired) electrons. The van der Waals surface area contributed by atoms with Crippen molar-refractivity contribution in [3.8, 4) is 17.2 Å². The van der Waals surface area contributed by atoms with Gasteiger partial charge in [0.1, 0.15) is 18.1 Å². The minimum atomic E-state index is -4.05. The van der Waals surface area contributed by atoms with E-state index in [1.165, 1.54) is 4.31 Å². The molecule has 0 aliphatic carbocycles. The lowest BCUT2D eigenvalue weighted by Gasteiger charge is -2.28. The summed E-state index contributed by atoms with van der Waals surface area (Å²) in [6, 6.07) is 23.9. The number of rotatable bonds is 11. The number of carbonyl (C=O) groups is 1. The van der Waals surface area contributed by atoms with E-state index in [-0.39, 0.29) is 13.1 Å². The third-order valence-corrected chi connectivity index (χ3v) is 8.41. The first kappa shape index (κ1) is 26.5. The minimum absolute atomic E-state index is 0.0754. The van der Waals surface area contributed by atoms with Crippen molar-refractivity contribution in [1.29, 1.82) is 0 Å². The van der Waals surface area contributed by atoms with E-state index in [2.05, 4.69) is 4.98 Å². The number of fused-ring (bicyclic) bond motifs is 1. The summed E-state index contributed by atoms with van der Waals surface area (Å²) in [6.45, 7) is 1.83. The number of nitrogens with zero attached hydrogens (tertiary/aromatic N) is 3. The SMILES string of the molecule is Cc1oc(-c2ccccc2)nc1CCOc1ccc(CN(CC(=O)O)S(=O)(=O)N2CCc3ccccc32)cc1. The molecule has 0 amide bonds. The van der Waals surface area contributed by atoms with Gasteiger partial charge in [-0.15, -0.1) is 0 Å². The van der Waals surface area contributed by atoms with Crippen LogP contribution >= 0.6 is 0 Å². The number of anilines is 1. The predicted molar refractivity (Wildman–Crippen MR) is 147 cm³/mol. The Labute approximate surface area is 227 Å². The van der Waals surface area contributed by atoms with Gasteiger partial charge in [0.25, 0.3) is 0 Å². The Morgan fingerprint density at radius 2 is 1.77 bits per heavy atom. The number of oxazole rings is 1. The van der Waals surface area contributed by atoms with Crippen molar-refractivity contribution in [1.82, 2.24) is 9.29 Å². The molecule has 2 heterocycles. The number of aromatic nitrogens is 1. The molecular weight excluding hydrogens is 518 g/mol. The van der Waals surface area contributed by atoms with E-state index < -0.39 is 22.7 Å². The average molecular weight is 548 g/mol. The molecule has 1 N–H and O–H groups in total. The fourth-order valence-electron chi connectivity index (χ4n) is 4.58. The summed E-state index contributed by atoms with van der Waals surface area (Å²) in [6.07, 6.45) is 1.15. The molecule has 4 aromatic rings. The van der Waals surface area contributed by atoms with Gasteiger partial charge in [-0.2, -0.15) is 12.7 Å². The second kappa shape index (κ2) is 11.3. The molecule has 5 rings (SSSR count). The van der Waals surface area contributed by atoms with Crippen LogP contribution in [0.25, 0.3) is 11.5 Å². The maximum atomic E-state index is 13.4. The van der Waals surface area contributed by atoms with E-state index in [1.54, 1.807) is 36.4 Å². The van der Waals surface area contributed by atoms with E-state index in [1.807, 2.05) is 49.4 Å². The van der Waals surface area contributed by atoms with Gasteiger partial charge in [-0.1, -0.05) is 48.5 Å². The third-order valence-electron chi connectivity index (χ3n) is 6.56. The molecular formula is C29H29N3O6S. The summed E-state index contributed by atoms with van der Waals surface area (Å²) in [5.41, 5.74) is 3.91. The molecule has 1 aliphatic heterocycles. The first-order chi connectivity index (χ1) is 18.8. The summed E-state index contributed by atoms with van der Waals surface area (Å²) in [5, 5.41) is 9.43. The molecule has 0 saturated carbocycles. The Morgan fingerprint density at radius 3 is 2.51 bits per heavy atom. The first-order valence-corrected chi connectivity index (χ1v) is 14.0. The highest BCUT2D eigenvalue weighted by Gasteiger charge is 2.35. The van der Waals surface area contributed by atoms with Crippen LogP contribution in [0.3, 0.4) is 0 Å². The molecule has 0 atom stereocenters. The Balaban J connectivity index is 1.22. The van der Waals surface area contributed by atoms with Crippen LogP contribution in [0.1, 0.15) is 22.6 Å². The van der Waals surface area contributed by atoms with E-state index in [4.69, 9.17) is 9.15 Å². The van der Waals surface area contributed by atoms with E-state index in [0.717, 1.165) is 26.9 Å². The zero-order chi connectivity index (χ0) is 27.4. The zero-order valence-corrected chi connectivity index (χ0v) is 22.3. The van der Waals surface area contributed by atoms with Gasteiger partial charge in [0.15, 0.2) is 0 Å². The van der Waals surface area contributed by atoms with Crippen molar-refractivity contribution in [3.05, 3.63) is 101 Å². The summed E-state index contributed by atoms with van der Waals surface area (Å²) in [7, 11) is -4.05. The number of hydrogen-bond donors (Lipinski definition) is 1. The number of aliphatic carboxylic acids is 1. The molecule has 39 heavy (non-hydrogen) atoms. The number of para-hydroxylation sites is 1. The lowest BCUT2D eigenvalue weighted by molar-refractivity contribution is -0.137. The topological polar surface area (TPSA) is 113 Å². The van der Waals surface area contributed by atoms with Gasteiger partial charge in [0.2, 0.25) is 5.89 Å². The van der Waals surface area contributed by atoms with Crippen molar-refractivity contribution >= 4 is 21.9 Å². The lowest BCUT2D eigenvalue weighted by atomic mass is 10.2. The Morgan fingerprint density at radius 1 is 1.05 bits per heavy atom. The average Bonchev–Trinajstić information content (AvgIpc) is 3.53. The molecule has 0 bridgehead atoms.